The molecule has 1 aliphatic heterocycles. The van der Waals surface area contributed by atoms with E-state index in [0.717, 1.165) is 0 Å². The molecular formula is C10H19NO7. The summed E-state index contributed by atoms with van der Waals surface area (Å²) >= 11 is 0. The van der Waals surface area contributed by atoms with Gasteiger partial charge in [-0.2, -0.15) is 0 Å². The van der Waals surface area contributed by atoms with Gasteiger partial charge in [-0.25, -0.2) is 0 Å². The Morgan fingerprint density at radius 3 is 2.50 bits per heavy atom. The maximum atomic E-state index is 10.6. The van der Waals surface area contributed by atoms with Crippen LogP contribution in [0.15, 0.2) is 0 Å². The molecule has 0 spiro atoms. The molecule has 0 bridgehead atoms. The second-order valence-electron chi connectivity index (χ2n) is 4.05. The van der Waals surface area contributed by atoms with E-state index >= 15 is 0 Å². The number of aliphatic hydroxyl groups is 4. The lowest BCUT2D eigenvalue weighted by Gasteiger charge is -2.39. The van der Waals surface area contributed by atoms with E-state index in [1.165, 1.54) is 6.92 Å². The Balaban J connectivity index is 2.41. The van der Waals surface area contributed by atoms with Crippen LogP contribution in [0.2, 0.25) is 0 Å². The maximum Gasteiger partial charge on any atom is 0.216 e. The molecule has 0 aliphatic carbocycles. The van der Waals surface area contributed by atoms with Crippen molar-refractivity contribution in [3.05, 3.63) is 0 Å². The SMILES string of the molecule is CC(=O)NCCO[C@@H]1OC(CO)[C@@H](O)C(O)C1O. The van der Waals surface area contributed by atoms with Crippen LogP contribution in [0.25, 0.3) is 0 Å². The fraction of sp³-hybridized carbons (Fsp3) is 0.900. The van der Waals surface area contributed by atoms with Crippen LogP contribution < -0.4 is 5.32 Å². The fourth-order valence-electron chi connectivity index (χ4n) is 1.61. The molecule has 5 N–H and O–H groups in total. The third-order valence-electron chi connectivity index (χ3n) is 2.61. The topological polar surface area (TPSA) is 128 Å². The minimum absolute atomic E-state index is 0.0717. The predicted molar refractivity (Wildman–Crippen MR) is 58.4 cm³/mol. The minimum Gasteiger partial charge on any atom is -0.394 e. The first-order valence-electron chi connectivity index (χ1n) is 5.64. The number of amides is 1. The van der Waals surface area contributed by atoms with E-state index in [1.54, 1.807) is 0 Å². The lowest BCUT2D eigenvalue weighted by Crippen LogP contribution is -2.59. The highest BCUT2D eigenvalue weighted by Gasteiger charge is 2.43. The quantitative estimate of drug-likeness (QED) is 0.334. The van der Waals surface area contributed by atoms with Crippen molar-refractivity contribution < 1.29 is 34.7 Å². The van der Waals surface area contributed by atoms with Gasteiger partial charge < -0.3 is 35.2 Å². The van der Waals surface area contributed by atoms with Crippen LogP contribution in [0.4, 0.5) is 0 Å². The highest BCUT2D eigenvalue weighted by Crippen LogP contribution is 2.21. The van der Waals surface area contributed by atoms with Crippen LogP contribution >= 0.6 is 0 Å². The van der Waals surface area contributed by atoms with Crippen molar-refractivity contribution in [1.82, 2.24) is 5.32 Å². The number of hydrogen-bond donors (Lipinski definition) is 5. The standard InChI is InChI=1S/C10H19NO7/c1-5(13)11-2-3-17-10-9(16)8(15)7(14)6(4-12)18-10/h6-10,12,14-16H,2-4H2,1H3,(H,11,13)/t6?,7-,8?,9?,10-/m1/s1. The second-order valence-corrected chi connectivity index (χ2v) is 4.05. The van der Waals surface area contributed by atoms with E-state index < -0.39 is 37.3 Å². The third-order valence-corrected chi connectivity index (χ3v) is 2.61. The van der Waals surface area contributed by atoms with Crippen molar-refractivity contribution in [3.63, 3.8) is 0 Å². The Hall–Kier alpha value is -0.770. The van der Waals surface area contributed by atoms with Gasteiger partial charge in [-0.3, -0.25) is 4.79 Å². The normalized spacial score (nSPS) is 36.4. The monoisotopic (exact) mass is 265 g/mol. The van der Waals surface area contributed by atoms with Gasteiger partial charge in [0, 0.05) is 13.5 Å². The second kappa shape index (κ2) is 6.98. The van der Waals surface area contributed by atoms with Gasteiger partial charge in [-0.15, -0.1) is 0 Å². The first-order chi connectivity index (χ1) is 8.47. The number of nitrogens with one attached hydrogen (secondary N) is 1. The molecule has 106 valence electrons. The van der Waals surface area contributed by atoms with Crippen molar-refractivity contribution in [1.29, 1.82) is 0 Å². The van der Waals surface area contributed by atoms with Crippen LogP contribution in [0.1, 0.15) is 6.92 Å². The molecule has 0 aromatic carbocycles. The summed E-state index contributed by atoms with van der Waals surface area (Å²) in [5.74, 6) is -0.215. The van der Waals surface area contributed by atoms with Crippen LogP contribution in [0.3, 0.4) is 0 Å². The molecule has 1 amide bonds. The van der Waals surface area contributed by atoms with Crippen molar-refractivity contribution in [2.75, 3.05) is 19.8 Å². The van der Waals surface area contributed by atoms with E-state index in [1.807, 2.05) is 0 Å². The van der Waals surface area contributed by atoms with Gasteiger partial charge in [0.2, 0.25) is 5.91 Å². The van der Waals surface area contributed by atoms with Crippen LogP contribution in [-0.2, 0) is 14.3 Å². The summed E-state index contributed by atoms with van der Waals surface area (Å²) in [4.78, 5) is 10.6. The lowest BCUT2D eigenvalue weighted by atomic mass is 9.99. The Morgan fingerprint density at radius 2 is 1.94 bits per heavy atom. The predicted octanol–water partition coefficient (Wildman–Crippen LogP) is -3.06. The molecule has 0 radical (unpaired) electrons. The summed E-state index contributed by atoms with van der Waals surface area (Å²) in [5.41, 5.74) is 0. The van der Waals surface area contributed by atoms with Gasteiger partial charge in [0.1, 0.15) is 24.4 Å². The van der Waals surface area contributed by atoms with Gasteiger partial charge in [-0.05, 0) is 0 Å². The Kier molecular flexibility index (Phi) is 5.93. The third kappa shape index (κ3) is 3.87. The van der Waals surface area contributed by atoms with E-state index in [9.17, 15) is 20.1 Å². The highest BCUT2D eigenvalue weighted by atomic mass is 16.7. The van der Waals surface area contributed by atoms with Gasteiger partial charge >= 0.3 is 0 Å². The van der Waals surface area contributed by atoms with Gasteiger partial charge in [0.05, 0.1) is 13.2 Å². The Morgan fingerprint density at radius 1 is 1.28 bits per heavy atom. The average Bonchev–Trinajstić information content (AvgIpc) is 2.34. The number of rotatable bonds is 5. The van der Waals surface area contributed by atoms with Gasteiger partial charge in [0.25, 0.3) is 0 Å². The van der Waals surface area contributed by atoms with Crippen LogP contribution in [-0.4, -0.2) is 76.8 Å². The molecule has 8 heteroatoms. The molecule has 0 aromatic rings. The van der Waals surface area contributed by atoms with Crippen LogP contribution in [0, 0.1) is 0 Å². The fourth-order valence-corrected chi connectivity index (χ4v) is 1.61. The molecule has 1 fully saturated rings. The molecule has 0 saturated carbocycles. The molecular weight excluding hydrogens is 246 g/mol. The number of hydrogen-bond acceptors (Lipinski definition) is 7. The molecule has 1 heterocycles. The molecule has 18 heavy (non-hydrogen) atoms. The average molecular weight is 265 g/mol. The molecule has 1 saturated heterocycles. The first-order valence-corrected chi connectivity index (χ1v) is 5.64. The number of carbonyl (C=O) groups is 1. The van der Waals surface area contributed by atoms with Crippen molar-refractivity contribution in [3.8, 4) is 0 Å². The zero-order valence-electron chi connectivity index (χ0n) is 10.0. The van der Waals surface area contributed by atoms with Gasteiger partial charge in [-0.1, -0.05) is 0 Å². The van der Waals surface area contributed by atoms with Crippen molar-refractivity contribution in [2.45, 2.75) is 37.6 Å². The zero-order valence-corrected chi connectivity index (χ0v) is 10.0. The number of ether oxygens (including phenoxy) is 2. The summed E-state index contributed by atoms with van der Waals surface area (Å²) in [7, 11) is 0. The molecule has 1 rings (SSSR count). The minimum atomic E-state index is -1.46. The molecule has 8 nitrogen and oxygen atoms in total. The smallest absolute Gasteiger partial charge is 0.216 e. The largest absolute Gasteiger partial charge is 0.394 e. The summed E-state index contributed by atoms with van der Waals surface area (Å²) in [5, 5.41) is 40.0. The van der Waals surface area contributed by atoms with E-state index in [-0.39, 0.29) is 19.1 Å². The Bertz CT molecular complexity index is 273. The van der Waals surface area contributed by atoms with Crippen LogP contribution in [0.5, 0.6) is 0 Å². The molecule has 3 unspecified atom stereocenters. The molecule has 1 aliphatic rings. The molecule has 0 aromatic heterocycles. The highest BCUT2D eigenvalue weighted by molar-refractivity contribution is 5.72. The molecule has 5 atom stereocenters. The van der Waals surface area contributed by atoms with Gasteiger partial charge in [0.15, 0.2) is 6.29 Å². The van der Waals surface area contributed by atoms with Crippen molar-refractivity contribution in [2.24, 2.45) is 0 Å². The lowest BCUT2D eigenvalue weighted by molar-refractivity contribution is -0.300. The number of aliphatic hydroxyl groups excluding tert-OH is 4. The summed E-state index contributed by atoms with van der Waals surface area (Å²) < 4.78 is 10.2. The van der Waals surface area contributed by atoms with E-state index in [4.69, 9.17) is 14.6 Å². The summed E-state index contributed by atoms with van der Waals surface area (Å²) in [6.07, 6.45) is -6.43. The van der Waals surface area contributed by atoms with Crippen molar-refractivity contribution >= 4 is 5.91 Å². The summed E-state index contributed by atoms with van der Waals surface area (Å²) in [6, 6.07) is 0. The van der Waals surface area contributed by atoms with E-state index in [0.29, 0.717) is 0 Å². The summed E-state index contributed by atoms with van der Waals surface area (Å²) in [6.45, 7) is 1.15. The zero-order chi connectivity index (χ0) is 13.7. The van der Waals surface area contributed by atoms with E-state index in [2.05, 4.69) is 5.32 Å². The Labute approximate surface area is 104 Å². The first kappa shape index (κ1) is 15.3. The maximum absolute atomic E-state index is 10.6. The number of carbonyl (C=O) groups excluding carboxylic acids is 1.